The van der Waals surface area contributed by atoms with Crippen molar-refractivity contribution in [3.63, 3.8) is 0 Å². The molecule has 4 nitrogen and oxygen atoms in total. The van der Waals surface area contributed by atoms with Gasteiger partial charge in [0, 0.05) is 0 Å². The second-order valence-electron chi connectivity index (χ2n) is 4.82. The molecule has 2 aromatic rings. The first kappa shape index (κ1) is 16.2. The van der Waals surface area contributed by atoms with Crippen molar-refractivity contribution in [2.24, 2.45) is 0 Å². The Morgan fingerprint density at radius 3 is 2.73 bits per heavy atom. The van der Waals surface area contributed by atoms with Crippen molar-refractivity contribution < 1.29 is 13.9 Å². The molecule has 0 unspecified atom stereocenters. The van der Waals surface area contributed by atoms with Crippen molar-refractivity contribution in [3.05, 3.63) is 51.9 Å². The van der Waals surface area contributed by atoms with Gasteiger partial charge in [-0.1, -0.05) is 17.7 Å². The van der Waals surface area contributed by atoms with Gasteiger partial charge in [0.1, 0.15) is 22.4 Å². The number of hydrogen-bond donors (Lipinski definition) is 1. The van der Waals surface area contributed by atoms with Gasteiger partial charge in [-0.05, 0) is 50.1 Å². The molecule has 0 saturated carbocycles. The predicted octanol–water partition coefficient (Wildman–Crippen LogP) is 4.41. The Morgan fingerprint density at radius 1 is 1.36 bits per heavy atom. The molecule has 0 amide bonds. The van der Waals surface area contributed by atoms with Crippen LogP contribution in [0.5, 0.6) is 0 Å². The number of pyridine rings is 1. The molecule has 0 fully saturated rings. The lowest BCUT2D eigenvalue weighted by molar-refractivity contribution is 0.0527. The molecule has 0 aliphatic heterocycles. The molecule has 2 rings (SSSR count). The van der Waals surface area contributed by atoms with E-state index in [1.54, 1.807) is 39.0 Å². The van der Waals surface area contributed by atoms with Gasteiger partial charge in [-0.25, -0.2) is 14.2 Å². The fraction of sp³-hybridized carbons (Fsp3) is 0.250. The Kier molecular flexibility index (Phi) is 4.98. The number of nitrogens with one attached hydrogen (secondary N) is 1. The number of nitrogens with zero attached hydrogens (tertiary/aromatic N) is 1. The van der Waals surface area contributed by atoms with E-state index in [2.05, 4.69) is 10.3 Å². The van der Waals surface area contributed by atoms with Crippen LogP contribution in [0.25, 0.3) is 0 Å². The maximum atomic E-state index is 14.0. The monoisotopic (exact) mass is 322 g/mol. The zero-order valence-electron chi connectivity index (χ0n) is 12.5. The van der Waals surface area contributed by atoms with E-state index in [0.717, 1.165) is 5.56 Å². The zero-order chi connectivity index (χ0) is 16.3. The number of aryl methyl sites for hydroxylation is 2. The van der Waals surface area contributed by atoms with Gasteiger partial charge >= 0.3 is 5.97 Å². The third kappa shape index (κ3) is 3.54. The van der Waals surface area contributed by atoms with Crippen molar-refractivity contribution in [1.29, 1.82) is 0 Å². The van der Waals surface area contributed by atoms with E-state index in [1.807, 2.05) is 0 Å². The molecule has 116 valence electrons. The van der Waals surface area contributed by atoms with E-state index in [4.69, 9.17) is 16.3 Å². The SMILES string of the molecule is CCOC(=O)c1cc(C)c(Cl)nc1Nc1ccc(C)cc1F. The molecule has 1 aromatic carbocycles. The highest BCUT2D eigenvalue weighted by molar-refractivity contribution is 6.30. The molecule has 0 bridgehead atoms. The summed E-state index contributed by atoms with van der Waals surface area (Å²) in [5.41, 5.74) is 1.86. The third-order valence-corrected chi connectivity index (χ3v) is 3.41. The summed E-state index contributed by atoms with van der Waals surface area (Å²) in [6, 6.07) is 6.30. The summed E-state index contributed by atoms with van der Waals surface area (Å²) < 4.78 is 19.0. The number of benzene rings is 1. The highest BCUT2D eigenvalue weighted by atomic mass is 35.5. The van der Waals surface area contributed by atoms with Gasteiger partial charge in [-0.3, -0.25) is 0 Å². The second-order valence-corrected chi connectivity index (χ2v) is 5.18. The molecule has 0 radical (unpaired) electrons. The first-order valence-electron chi connectivity index (χ1n) is 6.79. The number of carbonyl (C=O) groups is 1. The molecule has 6 heteroatoms. The van der Waals surface area contributed by atoms with Crippen molar-refractivity contribution >= 4 is 29.1 Å². The molecule has 1 heterocycles. The molecule has 0 saturated heterocycles. The lowest BCUT2D eigenvalue weighted by atomic mass is 10.2. The minimum Gasteiger partial charge on any atom is -0.462 e. The summed E-state index contributed by atoms with van der Waals surface area (Å²) >= 11 is 6.00. The maximum Gasteiger partial charge on any atom is 0.341 e. The lowest BCUT2D eigenvalue weighted by Crippen LogP contribution is -2.10. The fourth-order valence-electron chi connectivity index (χ4n) is 1.90. The van der Waals surface area contributed by atoms with Crippen LogP contribution in [0.3, 0.4) is 0 Å². The highest BCUT2D eigenvalue weighted by Crippen LogP contribution is 2.26. The lowest BCUT2D eigenvalue weighted by Gasteiger charge is -2.13. The summed E-state index contributed by atoms with van der Waals surface area (Å²) in [6.45, 7) is 5.46. The van der Waals surface area contributed by atoms with Crippen LogP contribution >= 0.6 is 11.6 Å². The van der Waals surface area contributed by atoms with Gasteiger partial charge < -0.3 is 10.1 Å². The molecule has 1 N–H and O–H groups in total. The van der Waals surface area contributed by atoms with Crippen LogP contribution in [-0.4, -0.2) is 17.6 Å². The van der Waals surface area contributed by atoms with Crippen molar-refractivity contribution in [1.82, 2.24) is 4.98 Å². The second kappa shape index (κ2) is 6.75. The molecule has 0 aliphatic rings. The first-order chi connectivity index (χ1) is 10.4. The Bertz CT molecular complexity index is 720. The summed E-state index contributed by atoms with van der Waals surface area (Å²) in [7, 11) is 0. The quantitative estimate of drug-likeness (QED) is 0.669. The number of ether oxygens (including phenoxy) is 1. The number of anilines is 2. The van der Waals surface area contributed by atoms with Gasteiger partial charge in [0.15, 0.2) is 0 Å². The molecule has 0 atom stereocenters. The number of rotatable bonds is 4. The largest absolute Gasteiger partial charge is 0.462 e. The van der Waals surface area contributed by atoms with Gasteiger partial charge in [0.2, 0.25) is 0 Å². The summed E-state index contributed by atoms with van der Waals surface area (Å²) in [5.74, 6) is -0.810. The van der Waals surface area contributed by atoms with Crippen molar-refractivity contribution in [3.8, 4) is 0 Å². The molecule has 1 aromatic heterocycles. The first-order valence-corrected chi connectivity index (χ1v) is 7.17. The van der Waals surface area contributed by atoms with E-state index in [0.29, 0.717) is 5.56 Å². The van der Waals surface area contributed by atoms with Crippen LogP contribution in [0.4, 0.5) is 15.9 Å². The van der Waals surface area contributed by atoms with Crippen LogP contribution in [0.1, 0.15) is 28.4 Å². The van der Waals surface area contributed by atoms with Gasteiger partial charge in [0.05, 0.1) is 12.3 Å². The molecule has 22 heavy (non-hydrogen) atoms. The topological polar surface area (TPSA) is 51.2 Å². The van der Waals surface area contributed by atoms with E-state index in [9.17, 15) is 9.18 Å². The average molecular weight is 323 g/mol. The van der Waals surface area contributed by atoms with Crippen LogP contribution in [0.2, 0.25) is 5.15 Å². The average Bonchev–Trinajstić information content (AvgIpc) is 2.45. The zero-order valence-corrected chi connectivity index (χ0v) is 13.3. The normalized spacial score (nSPS) is 10.4. The van der Waals surface area contributed by atoms with Crippen LogP contribution in [0.15, 0.2) is 24.3 Å². The Morgan fingerprint density at radius 2 is 2.09 bits per heavy atom. The van der Waals surface area contributed by atoms with Crippen molar-refractivity contribution in [2.75, 3.05) is 11.9 Å². The fourth-order valence-corrected chi connectivity index (χ4v) is 2.04. The van der Waals surface area contributed by atoms with Crippen LogP contribution in [-0.2, 0) is 4.74 Å². The smallest absolute Gasteiger partial charge is 0.341 e. The summed E-state index contributed by atoms with van der Waals surface area (Å²) in [5, 5.41) is 3.04. The van der Waals surface area contributed by atoms with Gasteiger partial charge in [0.25, 0.3) is 0 Å². The molecular formula is C16H16ClFN2O2. The number of halogens is 2. The standard InChI is InChI=1S/C16H16ClFN2O2/c1-4-22-16(21)11-8-10(3)14(17)20-15(11)19-13-6-5-9(2)7-12(13)18/h5-8H,4H2,1-3H3,(H,19,20). The van der Waals surface area contributed by atoms with Crippen molar-refractivity contribution in [2.45, 2.75) is 20.8 Å². The molecular weight excluding hydrogens is 307 g/mol. The third-order valence-electron chi connectivity index (χ3n) is 3.02. The molecule has 0 spiro atoms. The van der Waals surface area contributed by atoms with Crippen LogP contribution in [0, 0.1) is 19.7 Å². The van der Waals surface area contributed by atoms with Crippen LogP contribution < -0.4 is 5.32 Å². The maximum absolute atomic E-state index is 14.0. The number of esters is 1. The number of hydrogen-bond acceptors (Lipinski definition) is 4. The molecule has 0 aliphatic carbocycles. The highest BCUT2D eigenvalue weighted by Gasteiger charge is 2.17. The number of carbonyl (C=O) groups excluding carboxylic acids is 1. The summed E-state index contributed by atoms with van der Waals surface area (Å²) in [4.78, 5) is 16.1. The minimum atomic E-state index is -0.537. The Balaban J connectivity index is 2.44. The van der Waals surface area contributed by atoms with E-state index < -0.39 is 11.8 Å². The Hall–Kier alpha value is -2.14. The number of aromatic nitrogens is 1. The van der Waals surface area contributed by atoms with E-state index >= 15 is 0 Å². The Labute approximate surface area is 133 Å². The van der Waals surface area contributed by atoms with E-state index in [1.165, 1.54) is 6.07 Å². The summed E-state index contributed by atoms with van der Waals surface area (Å²) in [6.07, 6.45) is 0. The van der Waals surface area contributed by atoms with Gasteiger partial charge in [-0.15, -0.1) is 0 Å². The van der Waals surface area contributed by atoms with Gasteiger partial charge in [-0.2, -0.15) is 0 Å². The van der Waals surface area contributed by atoms with E-state index in [-0.39, 0.29) is 28.8 Å². The predicted molar refractivity (Wildman–Crippen MR) is 84.4 cm³/mol. The minimum absolute atomic E-state index is 0.164.